The van der Waals surface area contributed by atoms with Gasteiger partial charge in [-0.3, -0.25) is 14.4 Å². The summed E-state index contributed by atoms with van der Waals surface area (Å²) in [5.74, 6) is -1.48. The Labute approximate surface area is 144 Å². The van der Waals surface area contributed by atoms with Crippen molar-refractivity contribution in [1.82, 2.24) is 0 Å². The molecule has 6 nitrogen and oxygen atoms in total. The molecule has 7 heteroatoms. The molecule has 0 radical (unpaired) electrons. The molecule has 0 aliphatic rings. The summed E-state index contributed by atoms with van der Waals surface area (Å²) in [6, 6.07) is 10.7. The summed E-state index contributed by atoms with van der Waals surface area (Å²) in [6.45, 7) is 2.61. The van der Waals surface area contributed by atoms with Crippen LogP contribution >= 0.6 is 0 Å². The summed E-state index contributed by atoms with van der Waals surface area (Å²) in [7, 11) is 0. The van der Waals surface area contributed by atoms with Crippen LogP contribution in [0.3, 0.4) is 0 Å². The molecule has 0 spiro atoms. The fourth-order valence-corrected chi connectivity index (χ4v) is 2.20. The molecule has 0 atom stereocenters. The van der Waals surface area contributed by atoms with Gasteiger partial charge in [-0.05, 0) is 37.3 Å². The van der Waals surface area contributed by atoms with Crippen molar-refractivity contribution in [3.8, 4) is 0 Å². The number of para-hydroxylation sites is 1. The van der Waals surface area contributed by atoms with Crippen LogP contribution in [-0.2, 0) is 9.59 Å². The van der Waals surface area contributed by atoms with Gasteiger partial charge in [0.05, 0.1) is 17.9 Å². The van der Waals surface area contributed by atoms with Crippen LogP contribution in [0, 0.1) is 5.82 Å². The highest BCUT2D eigenvalue weighted by molar-refractivity contribution is 6.04. The van der Waals surface area contributed by atoms with E-state index < -0.39 is 11.7 Å². The van der Waals surface area contributed by atoms with Gasteiger partial charge in [-0.2, -0.15) is 0 Å². The Morgan fingerprint density at radius 2 is 1.68 bits per heavy atom. The highest BCUT2D eigenvalue weighted by atomic mass is 19.1. The maximum atomic E-state index is 13.6. The predicted molar refractivity (Wildman–Crippen MR) is 94.3 cm³/mol. The molecular formula is C18H18FN3O3. The number of ketones is 1. The van der Waals surface area contributed by atoms with Crippen LogP contribution in [0.4, 0.5) is 21.5 Å². The van der Waals surface area contributed by atoms with Crippen molar-refractivity contribution < 1.29 is 18.8 Å². The first kappa shape index (κ1) is 18.1. The van der Waals surface area contributed by atoms with Gasteiger partial charge < -0.3 is 16.0 Å². The summed E-state index contributed by atoms with van der Waals surface area (Å²) in [5, 5.41) is 7.86. The van der Waals surface area contributed by atoms with Crippen LogP contribution in [0.25, 0.3) is 0 Å². The van der Waals surface area contributed by atoms with E-state index >= 15 is 0 Å². The van der Waals surface area contributed by atoms with Crippen molar-refractivity contribution in [2.24, 2.45) is 0 Å². The minimum atomic E-state index is -0.569. The van der Waals surface area contributed by atoms with Gasteiger partial charge in [0.25, 0.3) is 0 Å². The van der Waals surface area contributed by atoms with Crippen LogP contribution < -0.4 is 16.0 Å². The molecule has 0 aliphatic heterocycles. The smallest absolute Gasteiger partial charge is 0.243 e. The van der Waals surface area contributed by atoms with E-state index in [1.807, 2.05) is 0 Å². The van der Waals surface area contributed by atoms with Gasteiger partial charge in [0.2, 0.25) is 11.8 Å². The molecule has 0 aliphatic carbocycles. The van der Waals surface area contributed by atoms with E-state index in [1.54, 1.807) is 24.3 Å². The monoisotopic (exact) mass is 343 g/mol. The maximum absolute atomic E-state index is 13.6. The SMILES string of the molecule is CC(=O)Nc1cc(NCC(=O)Nc2ccccc2C(C)=O)ccc1F. The number of Topliss-reactive ketones (excluding diaryl/α,β-unsaturated/α-hetero) is 1. The highest BCUT2D eigenvalue weighted by Crippen LogP contribution is 2.20. The third-order valence-electron chi connectivity index (χ3n) is 3.31. The second-order valence-corrected chi connectivity index (χ2v) is 5.38. The lowest BCUT2D eigenvalue weighted by atomic mass is 10.1. The van der Waals surface area contributed by atoms with Gasteiger partial charge in [0, 0.05) is 18.2 Å². The van der Waals surface area contributed by atoms with E-state index in [2.05, 4.69) is 16.0 Å². The Kier molecular flexibility index (Phi) is 5.84. The quantitative estimate of drug-likeness (QED) is 0.704. The molecule has 3 N–H and O–H groups in total. The average Bonchev–Trinajstić information content (AvgIpc) is 2.55. The number of anilines is 3. The topological polar surface area (TPSA) is 87.3 Å². The molecule has 0 unspecified atom stereocenters. The summed E-state index contributed by atoms with van der Waals surface area (Å²) < 4.78 is 13.6. The van der Waals surface area contributed by atoms with E-state index in [-0.39, 0.29) is 23.9 Å². The fraction of sp³-hybridized carbons (Fsp3) is 0.167. The van der Waals surface area contributed by atoms with Crippen LogP contribution in [0.5, 0.6) is 0 Å². The first-order valence-corrected chi connectivity index (χ1v) is 7.57. The van der Waals surface area contributed by atoms with Gasteiger partial charge in [0.15, 0.2) is 5.78 Å². The molecule has 0 bridgehead atoms. The Morgan fingerprint density at radius 1 is 0.960 bits per heavy atom. The fourth-order valence-electron chi connectivity index (χ4n) is 2.20. The summed E-state index contributed by atoms with van der Waals surface area (Å²) in [6.07, 6.45) is 0. The molecule has 2 rings (SSSR count). The summed E-state index contributed by atoms with van der Waals surface area (Å²) in [5.41, 5.74) is 1.35. The zero-order chi connectivity index (χ0) is 18.4. The molecule has 25 heavy (non-hydrogen) atoms. The highest BCUT2D eigenvalue weighted by Gasteiger charge is 2.10. The van der Waals surface area contributed by atoms with Crippen molar-refractivity contribution >= 4 is 34.7 Å². The zero-order valence-corrected chi connectivity index (χ0v) is 13.9. The molecule has 2 amide bonds. The number of amides is 2. The first-order valence-electron chi connectivity index (χ1n) is 7.57. The second-order valence-electron chi connectivity index (χ2n) is 5.38. The number of hydrogen-bond acceptors (Lipinski definition) is 4. The summed E-state index contributed by atoms with van der Waals surface area (Å²) >= 11 is 0. The lowest BCUT2D eigenvalue weighted by Gasteiger charge is -2.11. The normalized spacial score (nSPS) is 10.0. The van der Waals surface area contributed by atoms with Gasteiger partial charge in [0.1, 0.15) is 5.82 Å². The molecule has 0 fully saturated rings. The van der Waals surface area contributed by atoms with Crippen LogP contribution in [0.15, 0.2) is 42.5 Å². The number of hydrogen-bond donors (Lipinski definition) is 3. The van der Waals surface area contributed by atoms with Crippen LogP contribution in [0.1, 0.15) is 24.2 Å². The molecular weight excluding hydrogens is 325 g/mol. The molecule has 2 aromatic rings. The Hall–Kier alpha value is -3.22. The number of carbonyl (C=O) groups is 3. The molecule has 0 saturated heterocycles. The molecule has 2 aromatic carbocycles. The third-order valence-corrected chi connectivity index (χ3v) is 3.31. The maximum Gasteiger partial charge on any atom is 0.243 e. The van der Waals surface area contributed by atoms with E-state index in [0.717, 1.165) is 0 Å². The number of carbonyl (C=O) groups excluding carboxylic acids is 3. The van der Waals surface area contributed by atoms with Gasteiger partial charge in [-0.15, -0.1) is 0 Å². The minimum absolute atomic E-state index is 0.0276. The first-order chi connectivity index (χ1) is 11.9. The van der Waals surface area contributed by atoms with Crippen LogP contribution in [0.2, 0.25) is 0 Å². The summed E-state index contributed by atoms with van der Waals surface area (Å²) in [4.78, 5) is 34.7. The van der Waals surface area contributed by atoms with Crippen molar-refractivity contribution in [3.05, 3.63) is 53.8 Å². The second kappa shape index (κ2) is 8.05. The largest absolute Gasteiger partial charge is 0.376 e. The molecule has 130 valence electrons. The number of halogens is 1. The number of benzene rings is 2. The van der Waals surface area contributed by atoms with E-state index in [0.29, 0.717) is 16.9 Å². The van der Waals surface area contributed by atoms with Crippen molar-refractivity contribution in [3.63, 3.8) is 0 Å². The predicted octanol–water partition coefficient (Wildman–Crippen LogP) is 3.04. The third kappa shape index (κ3) is 5.13. The van der Waals surface area contributed by atoms with Crippen molar-refractivity contribution in [1.29, 1.82) is 0 Å². The lowest BCUT2D eigenvalue weighted by Crippen LogP contribution is -2.22. The van der Waals surface area contributed by atoms with Crippen LogP contribution in [-0.4, -0.2) is 24.1 Å². The van der Waals surface area contributed by atoms with Crippen molar-refractivity contribution in [2.45, 2.75) is 13.8 Å². The molecule has 0 aromatic heterocycles. The average molecular weight is 343 g/mol. The molecule has 0 saturated carbocycles. The lowest BCUT2D eigenvalue weighted by molar-refractivity contribution is -0.115. The van der Waals surface area contributed by atoms with E-state index in [9.17, 15) is 18.8 Å². The van der Waals surface area contributed by atoms with Crippen molar-refractivity contribution in [2.75, 3.05) is 22.5 Å². The Morgan fingerprint density at radius 3 is 2.36 bits per heavy atom. The van der Waals surface area contributed by atoms with Gasteiger partial charge in [-0.25, -0.2) is 4.39 Å². The van der Waals surface area contributed by atoms with E-state index in [4.69, 9.17) is 0 Å². The minimum Gasteiger partial charge on any atom is -0.376 e. The number of nitrogens with one attached hydrogen (secondary N) is 3. The molecule has 0 heterocycles. The van der Waals surface area contributed by atoms with E-state index in [1.165, 1.54) is 32.0 Å². The van der Waals surface area contributed by atoms with Gasteiger partial charge >= 0.3 is 0 Å². The zero-order valence-electron chi connectivity index (χ0n) is 13.9. The number of rotatable bonds is 6. The Balaban J connectivity index is 2.01. The Bertz CT molecular complexity index is 821. The van der Waals surface area contributed by atoms with Gasteiger partial charge in [-0.1, -0.05) is 12.1 Å². The standard InChI is InChI=1S/C18H18FN3O3/c1-11(23)14-5-3-4-6-16(14)22-18(25)10-20-13-7-8-15(19)17(9-13)21-12(2)24/h3-9,20H,10H2,1-2H3,(H,21,24)(H,22,25).